The molecule has 1 atom stereocenters. The largest absolute Gasteiger partial charge is 0.357 e. The summed E-state index contributed by atoms with van der Waals surface area (Å²) in [4.78, 5) is 25.8. The van der Waals surface area contributed by atoms with E-state index < -0.39 is 0 Å². The van der Waals surface area contributed by atoms with E-state index in [-0.39, 0.29) is 18.0 Å². The Balaban J connectivity index is 1.67. The molecule has 0 spiro atoms. The van der Waals surface area contributed by atoms with Gasteiger partial charge in [0.2, 0.25) is 5.91 Å². The van der Waals surface area contributed by atoms with Crippen molar-refractivity contribution in [3.63, 3.8) is 0 Å². The fourth-order valence-electron chi connectivity index (χ4n) is 2.79. The molecule has 3 N–H and O–H groups in total. The topological polar surface area (TPSA) is 90.1 Å². The molecule has 2 heterocycles. The van der Waals surface area contributed by atoms with Gasteiger partial charge in [-0.05, 0) is 36.6 Å². The standard InChI is InChI=1S/C16H19N5O2/c1-17-15(22)14-3-2-10-21(14)16(23)19-12-6-4-11(5-7-12)13-8-9-18-20-13/h4-9,14H,2-3,10H2,1H3,(H,17,22)(H,18,20)(H,19,23). The highest BCUT2D eigenvalue weighted by Gasteiger charge is 2.33. The van der Waals surface area contributed by atoms with Crippen LogP contribution in [0.1, 0.15) is 12.8 Å². The highest BCUT2D eigenvalue weighted by molar-refractivity contribution is 5.94. The maximum absolute atomic E-state index is 12.4. The summed E-state index contributed by atoms with van der Waals surface area (Å²) in [6.45, 7) is 0.593. The molecule has 3 amide bonds. The van der Waals surface area contributed by atoms with E-state index in [1.807, 2.05) is 30.3 Å². The second-order valence-corrected chi connectivity index (χ2v) is 5.44. The fraction of sp³-hybridized carbons (Fsp3) is 0.312. The molecule has 2 aromatic rings. The molecular formula is C16H19N5O2. The molecule has 1 aromatic carbocycles. The molecule has 0 saturated carbocycles. The van der Waals surface area contributed by atoms with Gasteiger partial charge in [0.05, 0.1) is 5.69 Å². The van der Waals surface area contributed by atoms with Crippen molar-refractivity contribution < 1.29 is 9.59 Å². The molecule has 1 saturated heterocycles. The average Bonchev–Trinajstić information content (AvgIpc) is 3.26. The first kappa shape index (κ1) is 15.1. The molecule has 1 unspecified atom stereocenters. The summed E-state index contributed by atoms with van der Waals surface area (Å²) in [5, 5.41) is 12.3. The number of H-pyrrole nitrogens is 1. The van der Waals surface area contributed by atoms with Crippen LogP contribution in [0.4, 0.5) is 10.5 Å². The number of likely N-dealkylation sites (N-methyl/N-ethyl adjacent to an activating group) is 1. The minimum Gasteiger partial charge on any atom is -0.357 e. The third-order valence-corrected chi connectivity index (χ3v) is 4.01. The molecule has 23 heavy (non-hydrogen) atoms. The molecule has 0 aliphatic carbocycles. The SMILES string of the molecule is CNC(=O)C1CCCN1C(=O)Nc1ccc(-c2ccn[nH]2)cc1. The smallest absolute Gasteiger partial charge is 0.322 e. The van der Waals surface area contributed by atoms with Crippen molar-refractivity contribution in [3.05, 3.63) is 36.5 Å². The lowest BCUT2D eigenvalue weighted by Crippen LogP contribution is -2.46. The van der Waals surface area contributed by atoms with Crippen molar-refractivity contribution in [1.29, 1.82) is 0 Å². The maximum atomic E-state index is 12.4. The first-order valence-corrected chi connectivity index (χ1v) is 7.58. The molecule has 1 fully saturated rings. The monoisotopic (exact) mass is 313 g/mol. The number of urea groups is 1. The number of hydrogen-bond donors (Lipinski definition) is 3. The van der Waals surface area contributed by atoms with Crippen LogP contribution in [0.5, 0.6) is 0 Å². The molecule has 0 bridgehead atoms. The number of rotatable bonds is 3. The molecule has 1 aromatic heterocycles. The third-order valence-electron chi connectivity index (χ3n) is 4.01. The summed E-state index contributed by atoms with van der Waals surface area (Å²) in [7, 11) is 1.59. The molecule has 7 nitrogen and oxygen atoms in total. The predicted molar refractivity (Wildman–Crippen MR) is 86.8 cm³/mol. The van der Waals surface area contributed by atoms with E-state index in [1.165, 1.54) is 0 Å². The van der Waals surface area contributed by atoms with E-state index in [0.717, 1.165) is 17.7 Å². The quantitative estimate of drug-likeness (QED) is 0.807. The van der Waals surface area contributed by atoms with Crippen molar-refractivity contribution in [2.45, 2.75) is 18.9 Å². The van der Waals surface area contributed by atoms with E-state index >= 15 is 0 Å². The molecule has 120 valence electrons. The summed E-state index contributed by atoms with van der Waals surface area (Å²) < 4.78 is 0. The summed E-state index contributed by atoms with van der Waals surface area (Å²) >= 11 is 0. The number of aromatic amines is 1. The molecule has 0 radical (unpaired) electrons. The van der Waals surface area contributed by atoms with E-state index in [1.54, 1.807) is 18.1 Å². The zero-order chi connectivity index (χ0) is 16.2. The highest BCUT2D eigenvalue weighted by Crippen LogP contribution is 2.21. The molecule has 1 aliphatic rings. The van der Waals surface area contributed by atoms with Crippen molar-refractivity contribution >= 4 is 17.6 Å². The Kier molecular flexibility index (Phi) is 4.27. The maximum Gasteiger partial charge on any atom is 0.322 e. The lowest BCUT2D eigenvalue weighted by Gasteiger charge is -2.23. The number of carbonyl (C=O) groups is 2. The number of likely N-dealkylation sites (tertiary alicyclic amines) is 1. The van der Waals surface area contributed by atoms with Crippen LogP contribution in [0.25, 0.3) is 11.3 Å². The van der Waals surface area contributed by atoms with Gasteiger partial charge >= 0.3 is 6.03 Å². The van der Waals surface area contributed by atoms with Gasteiger partial charge in [-0.3, -0.25) is 9.89 Å². The minimum absolute atomic E-state index is 0.118. The Morgan fingerprint density at radius 3 is 2.70 bits per heavy atom. The van der Waals surface area contributed by atoms with Crippen LogP contribution >= 0.6 is 0 Å². The normalized spacial score (nSPS) is 17.1. The lowest BCUT2D eigenvalue weighted by atomic mass is 10.1. The zero-order valence-corrected chi connectivity index (χ0v) is 12.9. The number of aromatic nitrogens is 2. The number of carbonyl (C=O) groups excluding carboxylic acids is 2. The van der Waals surface area contributed by atoms with Crippen LogP contribution in [0.2, 0.25) is 0 Å². The van der Waals surface area contributed by atoms with Crippen molar-refractivity contribution in [2.75, 3.05) is 18.9 Å². The summed E-state index contributed by atoms with van der Waals surface area (Å²) in [6.07, 6.45) is 3.23. The fourth-order valence-corrected chi connectivity index (χ4v) is 2.79. The number of anilines is 1. The minimum atomic E-state index is -0.385. The summed E-state index contributed by atoms with van der Waals surface area (Å²) in [6, 6.07) is 8.73. The number of hydrogen-bond acceptors (Lipinski definition) is 3. The molecular weight excluding hydrogens is 294 g/mol. The number of nitrogens with one attached hydrogen (secondary N) is 3. The van der Waals surface area contributed by atoms with Crippen LogP contribution < -0.4 is 10.6 Å². The van der Waals surface area contributed by atoms with Crippen LogP contribution in [0.3, 0.4) is 0 Å². The van der Waals surface area contributed by atoms with Gasteiger partial charge in [0.15, 0.2) is 0 Å². The Labute approximate surface area is 134 Å². The van der Waals surface area contributed by atoms with Crippen molar-refractivity contribution in [3.8, 4) is 11.3 Å². The Morgan fingerprint density at radius 2 is 2.04 bits per heavy atom. The van der Waals surface area contributed by atoms with Crippen molar-refractivity contribution in [1.82, 2.24) is 20.4 Å². The van der Waals surface area contributed by atoms with Gasteiger partial charge in [0.25, 0.3) is 0 Å². The molecule has 1 aliphatic heterocycles. The lowest BCUT2D eigenvalue weighted by molar-refractivity contribution is -0.124. The second-order valence-electron chi connectivity index (χ2n) is 5.44. The molecule has 3 rings (SSSR count). The van der Waals surface area contributed by atoms with E-state index in [9.17, 15) is 9.59 Å². The molecule has 7 heteroatoms. The Bertz CT molecular complexity index is 681. The number of amides is 3. The van der Waals surface area contributed by atoms with Gasteiger partial charge in [-0.15, -0.1) is 0 Å². The first-order chi connectivity index (χ1) is 11.2. The average molecular weight is 313 g/mol. The first-order valence-electron chi connectivity index (χ1n) is 7.58. The Morgan fingerprint density at radius 1 is 1.26 bits per heavy atom. The van der Waals surface area contributed by atoms with E-state index in [0.29, 0.717) is 18.7 Å². The Hall–Kier alpha value is -2.83. The van der Waals surface area contributed by atoms with Crippen LogP contribution in [0.15, 0.2) is 36.5 Å². The van der Waals surface area contributed by atoms with Crippen LogP contribution in [0, 0.1) is 0 Å². The third kappa shape index (κ3) is 3.18. The van der Waals surface area contributed by atoms with Gasteiger partial charge in [-0.25, -0.2) is 4.79 Å². The zero-order valence-electron chi connectivity index (χ0n) is 12.9. The van der Waals surface area contributed by atoms with E-state index in [4.69, 9.17) is 0 Å². The van der Waals surface area contributed by atoms with Gasteiger partial charge in [0.1, 0.15) is 6.04 Å². The van der Waals surface area contributed by atoms with Gasteiger partial charge < -0.3 is 15.5 Å². The van der Waals surface area contributed by atoms with Gasteiger partial charge in [-0.2, -0.15) is 5.10 Å². The summed E-state index contributed by atoms with van der Waals surface area (Å²) in [5.74, 6) is -0.118. The van der Waals surface area contributed by atoms with Gasteiger partial charge in [0, 0.05) is 25.5 Å². The second kappa shape index (κ2) is 6.51. The summed E-state index contributed by atoms with van der Waals surface area (Å²) in [5.41, 5.74) is 2.60. The van der Waals surface area contributed by atoms with Crippen LogP contribution in [-0.4, -0.2) is 46.7 Å². The highest BCUT2D eigenvalue weighted by atomic mass is 16.2. The van der Waals surface area contributed by atoms with Crippen molar-refractivity contribution in [2.24, 2.45) is 0 Å². The number of nitrogens with zero attached hydrogens (tertiary/aromatic N) is 2. The van der Waals surface area contributed by atoms with Gasteiger partial charge in [-0.1, -0.05) is 12.1 Å². The van der Waals surface area contributed by atoms with E-state index in [2.05, 4.69) is 20.8 Å². The van der Waals surface area contributed by atoms with Crippen LogP contribution in [-0.2, 0) is 4.79 Å². The predicted octanol–water partition coefficient (Wildman–Crippen LogP) is 1.82. The number of benzene rings is 1.